The van der Waals surface area contributed by atoms with Crippen molar-refractivity contribution >= 4 is 54.0 Å². The molecule has 0 fully saturated rings. The number of hydrogen-bond acceptors (Lipinski definition) is 4. The van der Waals surface area contributed by atoms with Gasteiger partial charge in [-0.2, -0.15) is 0 Å². The van der Waals surface area contributed by atoms with Crippen LogP contribution in [0.1, 0.15) is 23.5 Å². The fraction of sp³-hybridized carbons (Fsp3) is 0.300. The standard InChI is InChI=1S/C10H9BrO2S2/c1-5(2)13-9(12)8-3-6-7(11)4-14-10(6)15-8/h3-5H,1-2H3. The van der Waals surface area contributed by atoms with Gasteiger partial charge in [0.2, 0.25) is 0 Å². The molecule has 2 aromatic heterocycles. The summed E-state index contributed by atoms with van der Waals surface area (Å²) in [4.78, 5) is 12.3. The van der Waals surface area contributed by atoms with Crippen LogP contribution in [0.5, 0.6) is 0 Å². The van der Waals surface area contributed by atoms with Crippen LogP contribution >= 0.6 is 38.6 Å². The van der Waals surface area contributed by atoms with Gasteiger partial charge in [-0.25, -0.2) is 4.79 Å². The minimum atomic E-state index is -0.231. The predicted octanol–water partition coefficient (Wildman–Crippen LogP) is 4.29. The van der Waals surface area contributed by atoms with E-state index in [4.69, 9.17) is 4.74 Å². The maximum absolute atomic E-state index is 11.6. The zero-order valence-corrected chi connectivity index (χ0v) is 11.5. The van der Waals surface area contributed by atoms with E-state index in [0.29, 0.717) is 4.88 Å². The molecule has 0 atom stereocenters. The second-order valence-corrected chi connectivity index (χ2v) is 6.39. The molecule has 15 heavy (non-hydrogen) atoms. The molecule has 80 valence electrons. The molecule has 0 aliphatic heterocycles. The number of ether oxygens (including phenoxy) is 1. The highest BCUT2D eigenvalue weighted by Gasteiger charge is 2.15. The van der Waals surface area contributed by atoms with Gasteiger partial charge in [-0.15, -0.1) is 22.7 Å². The first-order valence-electron chi connectivity index (χ1n) is 4.45. The lowest BCUT2D eigenvalue weighted by molar-refractivity contribution is 0.0384. The number of fused-ring (bicyclic) bond motifs is 1. The van der Waals surface area contributed by atoms with Gasteiger partial charge in [-0.05, 0) is 35.8 Å². The molecule has 0 aliphatic rings. The third-order valence-electron chi connectivity index (χ3n) is 1.77. The average molecular weight is 305 g/mol. The highest BCUT2D eigenvalue weighted by atomic mass is 79.9. The van der Waals surface area contributed by atoms with E-state index < -0.39 is 0 Å². The van der Waals surface area contributed by atoms with Crippen molar-refractivity contribution in [3.8, 4) is 0 Å². The monoisotopic (exact) mass is 304 g/mol. The molecular weight excluding hydrogens is 296 g/mol. The van der Waals surface area contributed by atoms with Gasteiger partial charge in [0.1, 0.15) is 4.88 Å². The predicted molar refractivity (Wildman–Crippen MR) is 68.0 cm³/mol. The third-order valence-corrected chi connectivity index (χ3v) is 4.96. The zero-order chi connectivity index (χ0) is 11.0. The van der Waals surface area contributed by atoms with E-state index in [1.165, 1.54) is 11.3 Å². The maximum atomic E-state index is 11.6. The molecule has 0 radical (unpaired) electrons. The summed E-state index contributed by atoms with van der Waals surface area (Å²) in [6.07, 6.45) is -0.0684. The van der Waals surface area contributed by atoms with Crippen LogP contribution in [-0.2, 0) is 4.74 Å². The first-order chi connectivity index (χ1) is 7.08. The summed E-state index contributed by atoms with van der Waals surface area (Å²) in [5.74, 6) is -0.231. The lowest BCUT2D eigenvalue weighted by Gasteiger charge is -2.05. The Balaban J connectivity index is 2.32. The van der Waals surface area contributed by atoms with E-state index in [9.17, 15) is 4.79 Å². The summed E-state index contributed by atoms with van der Waals surface area (Å²) >= 11 is 6.56. The van der Waals surface area contributed by atoms with E-state index in [1.807, 2.05) is 25.3 Å². The second kappa shape index (κ2) is 4.23. The van der Waals surface area contributed by atoms with Crippen molar-refractivity contribution in [1.29, 1.82) is 0 Å². The van der Waals surface area contributed by atoms with Crippen LogP contribution in [0.2, 0.25) is 0 Å². The Bertz CT molecular complexity index is 498. The number of rotatable bonds is 2. The largest absolute Gasteiger partial charge is 0.459 e. The first-order valence-corrected chi connectivity index (χ1v) is 6.94. The molecular formula is C10H9BrO2S2. The third kappa shape index (κ3) is 2.24. The Morgan fingerprint density at radius 3 is 2.87 bits per heavy atom. The fourth-order valence-corrected chi connectivity index (χ4v) is 4.05. The van der Waals surface area contributed by atoms with E-state index in [-0.39, 0.29) is 12.1 Å². The maximum Gasteiger partial charge on any atom is 0.348 e. The van der Waals surface area contributed by atoms with Crippen LogP contribution < -0.4 is 0 Å². The highest BCUT2D eigenvalue weighted by molar-refractivity contribution is 9.10. The molecule has 0 aromatic carbocycles. The normalized spacial score (nSPS) is 11.2. The van der Waals surface area contributed by atoms with Crippen LogP contribution in [0.4, 0.5) is 0 Å². The SMILES string of the molecule is CC(C)OC(=O)c1cc2c(Br)csc2s1. The summed E-state index contributed by atoms with van der Waals surface area (Å²) in [5, 5.41) is 3.12. The number of esters is 1. The van der Waals surface area contributed by atoms with Crippen LogP contribution in [-0.4, -0.2) is 12.1 Å². The van der Waals surface area contributed by atoms with E-state index in [0.717, 1.165) is 13.9 Å². The minimum Gasteiger partial charge on any atom is -0.459 e. The van der Waals surface area contributed by atoms with Gasteiger partial charge in [0.05, 0.1) is 10.1 Å². The van der Waals surface area contributed by atoms with Crippen LogP contribution in [0.3, 0.4) is 0 Å². The van der Waals surface area contributed by atoms with Crippen molar-refractivity contribution < 1.29 is 9.53 Å². The van der Waals surface area contributed by atoms with Crippen molar-refractivity contribution in [3.05, 3.63) is 20.8 Å². The molecule has 0 saturated carbocycles. The molecule has 2 rings (SSSR count). The van der Waals surface area contributed by atoms with Crippen LogP contribution in [0.25, 0.3) is 9.40 Å². The molecule has 5 heteroatoms. The molecule has 0 unspecified atom stereocenters. The molecule has 0 amide bonds. The zero-order valence-electron chi connectivity index (χ0n) is 8.24. The van der Waals surface area contributed by atoms with Gasteiger partial charge < -0.3 is 4.74 Å². The molecule has 0 saturated heterocycles. The van der Waals surface area contributed by atoms with Crippen LogP contribution in [0.15, 0.2) is 15.9 Å². The summed E-state index contributed by atoms with van der Waals surface area (Å²) in [7, 11) is 0. The molecule has 0 N–H and O–H groups in total. The smallest absolute Gasteiger partial charge is 0.348 e. The van der Waals surface area contributed by atoms with Crippen molar-refractivity contribution in [2.75, 3.05) is 0 Å². The Hall–Kier alpha value is -0.390. The van der Waals surface area contributed by atoms with Gasteiger partial charge in [0.25, 0.3) is 0 Å². The van der Waals surface area contributed by atoms with Gasteiger partial charge in [0.15, 0.2) is 0 Å². The quantitative estimate of drug-likeness (QED) is 0.774. The van der Waals surface area contributed by atoms with Crippen molar-refractivity contribution in [2.24, 2.45) is 0 Å². The Labute approximate surface area is 104 Å². The van der Waals surface area contributed by atoms with E-state index in [2.05, 4.69) is 15.9 Å². The average Bonchev–Trinajstić information content (AvgIpc) is 2.67. The number of halogens is 1. The topological polar surface area (TPSA) is 26.3 Å². The summed E-state index contributed by atoms with van der Waals surface area (Å²) < 4.78 is 7.33. The Morgan fingerprint density at radius 2 is 2.27 bits per heavy atom. The molecule has 2 heterocycles. The number of hydrogen-bond donors (Lipinski definition) is 0. The van der Waals surface area contributed by atoms with Gasteiger partial charge in [0, 0.05) is 15.2 Å². The molecule has 2 nitrogen and oxygen atoms in total. The van der Waals surface area contributed by atoms with Crippen LogP contribution in [0, 0.1) is 0 Å². The lowest BCUT2D eigenvalue weighted by Crippen LogP contribution is -2.09. The fourth-order valence-electron chi connectivity index (χ4n) is 1.17. The Morgan fingerprint density at radius 1 is 1.53 bits per heavy atom. The minimum absolute atomic E-state index is 0.0684. The summed E-state index contributed by atoms with van der Waals surface area (Å²) in [5.41, 5.74) is 0. The molecule has 0 spiro atoms. The molecule has 0 aliphatic carbocycles. The second-order valence-electron chi connectivity index (χ2n) is 3.35. The number of carbonyl (C=O) groups is 1. The van der Waals surface area contributed by atoms with Crippen molar-refractivity contribution in [3.63, 3.8) is 0 Å². The van der Waals surface area contributed by atoms with E-state index >= 15 is 0 Å². The number of carbonyl (C=O) groups excluding carboxylic acids is 1. The first kappa shape index (κ1) is 11.1. The van der Waals surface area contributed by atoms with E-state index in [1.54, 1.807) is 11.3 Å². The number of thiophene rings is 2. The Kier molecular flexibility index (Phi) is 3.13. The lowest BCUT2D eigenvalue weighted by atomic mass is 10.3. The molecule has 0 bridgehead atoms. The summed E-state index contributed by atoms with van der Waals surface area (Å²) in [6.45, 7) is 3.70. The van der Waals surface area contributed by atoms with Crippen molar-refractivity contribution in [1.82, 2.24) is 0 Å². The summed E-state index contributed by atoms with van der Waals surface area (Å²) in [6, 6.07) is 1.88. The van der Waals surface area contributed by atoms with Crippen molar-refractivity contribution in [2.45, 2.75) is 20.0 Å². The van der Waals surface area contributed by atoms with Gasteiger partial charge >= 0.3 is 5.97 Å². The highest BCUT2D eigenvalue weighted by Crippen LogP contribution is 2.37. The molecule has 2 aromatic rings. The van der Waals surface area contributed by atoms with Gasteiger partial charge in [-0.3, -0.25) is 0 Å². The van der Waals surface area contributed by atoms with Gasteiger partial charge in [-0.1, -0.05) is 0 Å².